The lowest BCUT2D eigenvalue weighted by Gasteiger charge is -2.24. The molecule has 0 unspecified atom stereocenters. The number of rotatable bonds is 16. The fourth-order valence-electron chi connectivity index (χ4n) is 3.19. The molecule has 10 heteroatoms. The Morgan fingerprint density at radius 2 is 1.71 bits per heavy atom. The first-order chi connectivity index (χ1) is 16.7. The molecule has 1 rings (SSSR count). The summed E-state index contributed by atoms with van der Waals surface area (Å²) in [4.78, 5) is 42.2. The number of hydrogen-bond donors (Lipinski definition) is 2. The van der Waals surface area contributed by atoms with Crippen LogP contribution in [-0.2, 0) is 30.2 Å². The van der Waals surface area contributed by atoms with Gasteiger partial charge in [0.1, 0.15) is 30.5 Å². The van der Waals surface area contributed by atoms with Gasteiger partial charge in [0.25, 0.3) is 0 Å². The Labute approximate surface area is 208 Å². The number of aliphatic imine (C=N–C) groups is 1. The maximum atomic E-state index is 13.1. The maximum Gasteiger partial charge on any atom is 0.375 e. The monoisotopic (exact) mass is 483 g/mol. The van der Waals surface area contributed by atoms with E-state index in [1.54, 1.807) is 18.2 Å². The summed E-state index contributed by atoms with van der Waals surface area (Å²) in [6.07, 6.45) is 4.88. The van der Waals surface area contributed by atoms with Gasteiger partial charge in [0.05, 0.1) is 7.11 Å². The summed E-state index contributed by atoms with van der Waals surface area (Å²) in [7, 11) is 6.29. The van der Waals surface area contributed by atoms with Crippen LogP contribution in [0.4, 0.5) is 0 Å². The Bertz CT molecular complexity index is 872. The molecule has 1 aromatic rings. The van der Waals surface area contributed by atoms with E-state index in [1.807, 2.05) is 26.0 Å². The summed E-state index contributed by atoms with van der Waals surface area (Å²) in [6, 6.07) is 4.46. The molecular formula is C25H34BN3O6. The van der Waals surface area contributed by atoms with E-state index in [-0.39, 0.29) is 18.8 Å². The molecule has 35 heavy (non-hydrogen) atoms. The number of amides is 2. The number of nitrogens with zero attached hydrogens (tertiary/aromatic N) is 1. The van der Waals surface area contributed by atoms with Gasteiger partial charge in [-0.3, -0.25) is 9.59 Å². The fraction of sp³-hybridized carbons (Fsp3) is 0.440. The highest BCUT2D eigenvalue weighted by atomic mass is 16.5. The van der Waals surface area contributed by atoms with Crippen LogP contribution in [0.1, 0.15) is 32.3 Å². The van der Waals surface area contributed by atoms with Crippen molar-refractivity contribution in [3.8, 4) is 5.75 Å². The molecule has 1 aromatic carbocycles. The van der Waals surface area contributed by atoms with Crippen molar-refractivity contribution in [1.82, 2.24) is 10.6 Å². The van der Waals surface area contributed by atoms with Crippen LogP contribution in [-0.4, -0.2) is 64.1 Å². The van der Waals surface area contributed by atoms with Crippen LogP contribution in [0.2, 0.25) is 0 Å². The number of nitrogens with one attached hydrogen (secondary N) is 2. The van der Waals surface area contributed by atoms with Gasteiger partial charge in [-0.25, -0.2) is 9.79 Å². The summed E-state index contributed by atoms with van der Waals surface area (Å²) < 4.78 is 14.6. The average molecular weight is 483 g/mol. The average Bonchev–Trinajstić information content (AvgIpc) is 2.84. The van der Waals surface area contributed by atoms with Crippen LogP contribution in [0.25, 0.3) is 0 Å². The zero-order valence-electron chi connectivity index (χ0n) is 20.6. The molecule has 0 heterocycles. The number of hydrogen-bond acceptors (Lipinski definition) is 7. The topological polar surface area (TPSA) is 115 Å². The van der Waals surface area contributed by atoms with Gasteiger partial charge in [-0.05, 0) is 36.5 Å². The Balaban J connectivity index is 3.01. The van der Waals surface area contributed by atoms with E-state index in [2.05, 4.69) is 33.4 Å². The molecule has 0 bridgehead atoms. The van der Waals surface area contributed by atoms with Crippen molar-refractivity contribution < 1.29 is 28.5 Å². The molecule has 0 aliphatic rings. The summed E-state index contributed by atoms with van der Waals surface area (Å²) in [6.45, 7) is 11.4. The number of esters is 1. The van der Waals surface area contributed by atoms with Crippen LogP contribution < -0.4 is 15.4 Å². The Hall–Kier alpha value is -3.56. The van der Waals surface area contributed by atoms with E-state index in [4.69, 9.17) is 17.5 Å². The van der Waals surface area contributed by atoms with E-state index in [9.17, 15) is 14.4 Å². The highest BCUT2D eigenvalue weighted by Crippen LogP contribution is 2.15. The quantitative estimate of drug-likeness (QED) is 0.122. The second kappa shape index (κ2) is 16.1. The van der Waals surface area contributed by atoms with Crippen LogP contribution in [0, 0.1) is 5.92 Å². The van der Waals surface area contributed by atoms with E-state index in [1.165, 1.54) is 13.2 Å². The Morgan fingerprint density at radius 3 is 2.26 bits per heavy atom. The third kappa shape index (κ3) is 10.9. The molecule has 0 saturated carbocycles. The van der Waals surface area contributed by atoms with Gasteiger partial charge < -0.3 is 24.8 Å². The Morgan fingerprint density at radius 1 is 1.06 bits per heavy atom. The summed E-state index contributed by atoms with van der Waals surface area (Å²) in [5, 5.41) is 5.38. The maximum absolute atomic E-state index is 13.1. The molecule has 2 radical (unpaired) electrons. The van der Waals surface area contributed by atoms with Crippen molar-refractivity contribution in [2.24, 2.45) is 10.9 Å². The van der Waals surface area contributed by atoms with Gasteiger partial charge >= 0.3 is 14.0 Å². The van der Waals surface area contributed by atoms with Crippen LogP contribution >= 0.6 is 0 Å². The predicted molar refractivity (Wildman–Crippen MR) is 135 cm³/mol. The van der Waals surface area contributed by atoms with Gasteiger partial charge in [0.15, 0.2) is 6.40 Å². The molecule has 9 nitrogen and oxygen atoms in total. The highest BCUT2D eigenvalue weighted by Gasteiger charge is 2.29. The number of methoxy groups -OCH3 is 1. The molecule has 0 fully saturated rings. The first-order valence-corrected chi connectivity index (χ1v) is 11.2. The Kier molecular flexibility index (Phi) is 13.6. The van der Waals surface area contributed by atoms with E-state index in [0.717, 1.165) is 12.0 Å². The minimum Gasteiger partial charge on any atom is -0.560 e. The summed E-state index contributed by atoms with van der Waals surface area (Å²) >= 11 is 0. The minimum atomic E-state index is -0.912. The largest absolute Gasteiger partial charge is 0.560 e. The van der Waals surface area contributed by atoms with Crippen molar-refractivity contribution in [3.05, 3.63) is 55.1 Å². The number of carbonyl (C=O) groups is 3. The molecule has 0 saturated heterocycles. The first kappa shape index (κ1) is 29.5. The van der Waals surface area contributed by atoms with Gasteiger partial charge in [0, 0.05) is 6.42 Å². The number of carbonyl (C=O) groups excluding carboxylic acids is 3. The fourth-order valence-corrected chi connectivity index (χ4v) is 3.19. The van der Waals surface area contributed by atoms with Crippen LogP contribution in [0.5, 0.6) is 5.75 Å². The predicted octanol–water partition coefficient (Wildman–Crippen LogP) is 2.06. The summed E-state index contributed by atoms with van der Waals surface area (Å²) in [5.41, 5.74) is 0.812. The molecule has 0 aliphatic heterocycles. The van der Waals surface area contributed by atoms with Gasteiger partial charge in [0.2, 0.25) is 11.8 Å². The molecule has 2 N–H and O–H groups in total. The lowest BCUT2D eigenvalue weighted by Crippen LogP contribution is -2.53. The van der Waals surface area contributed by atoms with Crippen LogP contribution in [0.3, 0.4) is 0 Å². The number of ether oxygens (including phenoxy) is 2. The highest BCUT2D eigenvalue weighted by molar-refractivity contribution is 6.02. The van der Waals surface area contributed by atoms with Crippen molar-refractivity contribution in [3.63, 3.8) is 0 Å². The van der Waals surface area contributed by atoms with Crippen molar-refractivity contribution in [1.29, 1.82) is 0 Å². The SMILES string of the molecule is [B]OC=N[C@@H](Cc1ccc(OCC=C)cc1)C(=O)N[C@@H](CC(C)C)C(=O)N[C@@H](CC=C)C(=O)OC. The molecule has 2 amide bonds. The third-order valence-electron chi connectivity index (χ3n) is 4.87. The first-order valence-electron chi connectivity index (χ1n) is 11.2. The second-order valence-corrected chi connectivity index (χ2v) is 8.15. The van der Waals surface area contributed by atoms with Gasteiger partial charge in [-0.1, -0.05) is 44.7 Å². The zero-order valence-corrected chi connectivity index (χ0v) is 20.6. The lowest BCUT2D eigenvalue weighted by atomic mass is 10.0. The standard InChI is InChI=1S/C25H34BN3O6/c1-6-8-20(25(32)33-5)28-24(31)22(14-17(3)4)29-23(30)21(27-16-35-26)15-18-9-11-19(12-10-18)34-13-7-2/h6-7,9-12,16-17,20-22H,1-2,8,13-15H2,3-5H3,(H,28,31)(H,29,30)/t20-,21-,22-/m0/s1. The van der Waals surface area contributed by atoms with Crippen molar-refractivity contribution >= 4 is 32.2 Å². The van der Waals surface area contributed by atoms with Crippen LogP contribution in [0.15, 0.2) is 54.6 Å². The third-order valence-corrected chi connectivity index (χ3v) is 4.87. The van der Waals surface area contributed by atoms with E-state index in [0.29, 0.717) is 18.8 Å². The van der Waals surface area contributed by atoms with E-state index < -0.39 is 35.9 Å². The summed E-state index contributed by atoms with van der Waals surface area (Å²) in [5.74, 6) is -0.859. The van der Waals surface area contributed by atoms with Crippen molar-refractivity contribution in [2.45, 2.75) is 51.2 Å². The molecule has 3 atom stereocenters. The molecule has 0 aromatic heterocycles. The van der Waals surface area contributed by atoms with Gasteiger partial charge in [-0.2, -0.15) is 0 Å². The van der Waals surface area contributed by atoms with E-state index >= 15 is 0 Å². The lowest BCUT2D eigenvalue weighted by molar-refractivity contribution is -0.145. The minimum absolute atomic E-state index is 0.0828. The normalized spacial score (nSPS) is 13.4. The zero-order chi connectivity index (χ0) is 26.2. The molecule has 0 aliphatic carbocycles. The van der Waals surface area contributed by atoms with Crippen molar-refractivity contribution in [2.75, 3.05) is 13.7 Å². The molecular weight excluding hydrogens is 449 g/mol. The smallest absolute Gasteiger partial charge is 0.375 e. The number of benzene rings is 1. The molecule has 0 spiro atoms. The second-order valence-electron chi connectivity index (χ2n) is 8.15. The molecule has 188 valence electrons. The van der Waals surface area contributed by atoms with Gasteiger partial charge in [-0.15, -0.1) is 6.58 Å².